The number of para-hydroxylation sites is 1. The zero-order valence-corrected chi connectivity index (χ0v) is 10.2. The van der Waals surface area contributed by atoms with Crippen LogP contribution < -0.4 is 4.57 Å². The van der Waals surface area contributed by atoms with Crippen LogP contribution in [0.1, 0.15) is 11.9 Å². The lowest BCUT2D eigenvalue weighted by molar-refractivity contribution is -0.661. The summed E-state index contributed by atoms with van der Waals surface area (Å²) in [6, 6.07) is 8.08. The van der Waals surface area contributed by atoms with Crippen LogP contribution in [0.4, 0.5) is 0 Å². The van der Waals surface area contributed by atoms with Crippen LogP contribution in [-0.4, -0.2) is 12.6 Å². The Morgan fingerprint density at radius 2 is 2.19 bits per heavy atom. The summed E-state index contributed by atoms with van der Waals surface area (Å²) >= 11 is 1.69. The fourth-order valence-corrected chi connectivity index (χ4v) is 2.70. The van der Waals surface area contributed by atoms with Crippen LogP contribution in [0.5, 0.6) is 0 Å². The second-order valence-corrected chi connectivity index (χ2v) is 4.71. The van der Waals surface area contributed by atoms with Gasteiger partial charge in [0.1, 0.15) is 4.70 Å². The first-order valence-electron chi connectivity index (χ1n) is 5.26. The Balaban J connectivity index is 2.36. The van der Waals surface area contributed by atoms with Crippen molar-refractivity contribution in [2.24, 2.45) is 0 Å². The Labute approximate surface area is 98.3 Å². The molecule has 4 heteroatoms. The molecule has 0 unspecified atom stereocenters. The molecule has 0 aliphatic heterocycles. The van der Waals surface area contributed by atoms with Crippen LogP contribution in [0.25, 0.3) is 10.2 Å². The van der Waals surface area contributed by atoms with Crippen LogP contribution in [0.2, 0.25) is 0 Å². The third-order valence-electron chi connectivity index (χ3n) is 2.39. The van der Waals surface area contributed by atoms with Crippen molar-refractivity contribution in [1.29, 1.82) is 0 Å². The molecule has 16 heavy (non-hydrogen) atoms. The Hall–Kier alpha value is -1.42. The van der Waals surface area contributed by atoms with E-state index in [4.69, 9.17) is 4.74 Å². The van der Waals surface area contributed by atoms with E-state index in [1.165, 1.54) is 4.70 Å². The van der Waals surface area contributed by atoms with Crippen LogP contribution in [0.3, 0.4) is 0 Å². The lowest BCUT2D eigenvalue weighted by Gasteiger charge is -1.98. The van der Waals surface area contributed by atoms with Gasteiger partial charge in [0, 0.05) is 13.0 Å². The molecule has 0 bridgehead atoms. The molecule has 2 rings (SSSR count). The molecule has 1 heterocycles. The Morgan fingerprint density at radius 1 is 1.44 bits per heavy atom. The zero-order chi connectivity index (χ0) is 11.5. The molecule has 1 aromatic heterocycles. The molecule has 0 aliphatic carbocycles. The van der Waals surface area contributed by atoms with E-state index in [1.807, 2.05) is 36.6 Å². The van der Waals surface area contributed by atoms with Crippen LogP contribution in [0, 0.1) is 6.92 Å². The van der Waals surface area contributed by atoms with Crippen molar-refractivity contribution in [2.75, 3.05) is 6.61 Å². The molecule has 0 saturated heterocycles. The highest BCUT2D eigenvalue weighted by atomic mass is 32.1. The number of aromatic nitrogens is 1. The van der Waals surface area contributed by atoms with Gasteiger partial charge in [-0.15, -0.1) is 0 Å². The Bertz CT molecular complexity index is 519. The smallest absolute Gasteiger partial charge is 0.372 e. The lowest BCUT2D eigenvalue weighted by atomic mass is 10.3. The van der Waals surface area contributed by atoms with Crippen molar-refractivity contribution in [3.05, 3.63) is 29.3 Å². The van der Waals surface area contributed by atoms with E-state index in [2.05, 4.69) is 6.07 Å². The van der Waals surface area contributed by atoms with Crippen LogP contribution >= 0.6 is 11.3 Å². The van der Waals surface area contributed by atoms with Gasteiger partial charge in [-0.3, -0.25) is 0 Å². The van der Waals surface area contributed by atoms with E-state index >= 15 is 0 Å². The quantitative estimate of drug-likeness (QED) is 0.603. The maximum atomic E-state index is 11.5. The Kier molecular flexibility index (Phi) is 3.19. The fraction of sp³-hybridized carbons (Fsp3) is 0.333. The van der Waals surface area contributed by atoms with E-state index in [-0.39, 0.29) is 5.97 Å². The number of fused-ring (bicyclic) bond motifs is 1. The molecule has 84 valence electrons. The normalized spacial score (nSPS) is 10.6. The summed E-state index contributed by atoms with van der Waals surface area (Å²) in [5, 5.41) is 1.12. The highest BCUT2D eigenvalue weighted by Gasteiger charge is 2.20. The van der Waals surface area contributed by atoms with Gasteiger partial charge < -0.3 is 4.74 Å². The SMILES string of the molecule is CCOC(=O)C[n+]1c(C)sc2ccccc21. The highest BCUT2D eigenvalue weighted by molar-refractivity contribution is 7.18. The second kappa shape index (κ2) is 4.61. The van der Waals surface area contributed by atoms with Gasteiger partial charge in [0.2, 0.25) is 17.1 Å². The number of ether oxygens (including phenoxy) is 1. The highest BCUT2D eigenvalue weighted by Crippen LogP contribution is 2.18. The third kappa shape index (κ3) is 2.07. The molecular weight excluding hydrogens is 222 g/mol. The van der Waals surface area contributed by atoms with Crippen molar-refractivity contribution in [3.63, 3.8) is 0 Å². The summed E-state index contributed by atoms with van der Waals surface area (Å²) in [5.41, 5.74) is 1.10. The van der Waals surface area contributed by atoms with Gasteiger partial charge in [-0.2, -0.15) is 4.57 Å². The molecule has 0 saturated carbocycles. The van der Waals surface area contributed by atoms with Crippen molar-refractivity contribution < 1.29 is 14.1 Å². The predicted molar refractivity (Wildman–Crippen MR) is 63.4 cm³/mol. The Morgan fingerprint density at radius 3 is 2.94 bits per heavy atom. The number of hydrogen-bond acceptors (Lipinski definition) is 3. The number of hydrogen-bond donors (Lipinski definition) is 0. The molecule has 3 nitrogen and oxygen atoms in total. The minimum absolute atomic E-state index is 0.181. The molecular formula is C12H14NO2S+. The predicted octanol–water partition coefficient (Wildman–Crippen LogP) is 2.06. The van der Waals surface area contributed by atoms with Gasteiger partial charge in [-0.1, -0.05) is 23.5 Å². The zero-order valence-electron chi connectivity index (χ0n) is 9.40. The van der Waals surface area contributed by atoms with Crippen LogP contribution in [-0.2, 0) is 16.1 Å². The first-order valence-corrected chi connectivity index (χ1v) is 6.07. The van der Waals surface area contributed by atoms with E-state index in [9.17, 15) is 4.79 Å². The summed E-state index contributed by atoms with van der Waals surface area (Å²) < 4.78 is 8.16. The number of nitrogens with zero attached hydrogens (tertiary/aromatic N) is 1. The van der Waals surface area contributed by atoms with E-state index in [0.29, 0.717) is 13.2 Å². The number of carbonyl (C=O) groups excluding carboxylic acids is 1. The van der Waals surface area contributed by atoms with E-state index in [1.54, 1.807) is 11.3 Å². The van der Waals surface area contributed by atoms with Crippen molar-refractivity contribution in [2.45, 2.75) is 20.4 Å². The minimum Gasteiger partial charge on any atom is -0.461 e. The van der Waals surface area contributed by atoms with E-state index < -0.39 is 0 Å². The third-order valence-corrected chi connectivity index (χ3v) is 3.47. The van der Waals surface area contributed by atoms with Crippen LogP contribution in [0.15, 0.2) is 24.3 Å². The first kappa shape index (κ1) is 11.1. The number of thiazole rings is 1. The number of carbonyl (C=O) groups is 1. The molecule has 0 amide bonds. The van der Waals surface area contributed by atoms with Gasteiger partial charge in [0.25, 0.3) is 0 Å². The standard InChI is InChI=1S/C12H14NO2S/c1-3-15-12(14)8-13-9(2)16-11-7-5-4-6-10(11)13/h4-7H,3,8H2,1-2H3/q+1. The van der Waals surface area contributed by atoms with Gasteiger partial charge >= 0.3 is 5.97 Å². The maximum Gasteiger partial charge on any atom is 0.372 e. The molecule has 0 aliphatic rings. The lowest BCUT2D eigenvalue weighted by Crippen LogP contribution is -2.39. The van der Waals surface area contributed by atoms with E-state index in [0.717, 1.165) is 10.5 Å². The molecule has 1 aromatic carbocycles. The van der Waals surface area contributed by atoms with Crippen molar-refractivity contribution >= 4 is 27.5 Å². The number of rotatable bonds is 3. The fourth-order valence-electron chi connectivity index (χ4n) is 1.68. The molecule has 0 fully saturated rings. The number of aryl methyl sites for hydroxylation is 1. The van der Waals surface area contributed by atoms with Gasteiger partial charge in [0.15, 0.2) is 0 Å². The molecule has 0 atom stereocenters. The molecule has 0 spiro atoms. The molecule has 0 N–H and O–H groups in total. The summed E-state index contributed by atoms with van der Waals surface area (Å²) in [6.45, 7) is 4.56. The molecule has 0 radical (unpaired) electrons. The topological polar surface area (TPSA) is 30.2 Å². The second-order valence-electron chi connectivity index (χ2n) is 3.48. The molecule has 2 aromatic rings. The van der Waals surface area contributed by atoms with Gasteiger partial charge in [-0.05, 0) is 13.0 Å². The maximum absolute atomic E-state index is 11.5. The summed E-state index contributed by atoms with van der Waals surface area (Å²) in [5.74, 6) is -0.181. The number of esters is 1. The summed E-state index contributed by atoms with van der Waals surface area (Å²) in [4.78, 5) is 11.5. The average molecular weight is 236 g/mol. The minimum atomic E-state index is -0.181. The van der Waals surface area contributed by atoms with Gasteiger partial charge in [-0.25, -0.2) is 4.79 Å². The summed E-state index contributed by atoms with van der Waals surface area (Å²) in [6.07, 6.45) is 0. The largest absolute Gasteiger partial charge is 0.461 e. The average Bonchev–Trinajstić information content (AvgIpc) is 2.56. The number of benzene rings is 1. The van der Waals surface area contributed by atoms with Crippen molar-refractivity contribution in [3.8, 4) is 0 Å². The summed E-state index contributed by atoms with van der Waals surface area (Å²) in [7, 11) is 0. The first-order chi connectivity index (χ1) is 7.72. The van der Waals surface area contributed by atoms with Crippen molar-refractivity contribution in [1.82, 2.24) is 0 Å². The monoisotopic (exact) mass is 236 g/mol. The van der Waals surface area contributed by atoms with Gasteiger partial charge in [0.05, 0.1) is 6.61 Å².